The number of nitrogens with zero attached hydrogens (tertiary/aromatic N) is 2. The van der Waals surface area contributed by atoms with E-state index < -0.39 is 10.9 Å². The number of esters is 1. The zero-order valence-electron chi connectivity index (χ0n) is 11.2. The van der Waals surface area contributed by atoms with Crippen molar-refractivity contribution in [2.24, 2.45) is 4.99 Å². The molecule has 0 unspecified atom stereocenters. The molecule has 0 bridgehead atoms. The Hall–Kier alpha value is -2.45. The van der Waals surface area contributed by atoms with Crippen LogP contribution in [0.5, 0.6) is 0 Å². The van der Waals surface area contributed by atoms with E-state index in [4.69, 9.17) is 20.8 Å². The molecule has 0 spiro atoms. The summed E-state index contributed by atoms with van der Waals surface area (Å²) >= 11 is 9.15. The number of carbonyl (C=O) groups is 1. The van der Waals surface area contributed by atoms with Crippen LogP contribution in [0.25, 0.3) is 6.08 Å². The van der Waals surface area contributed by atoms with Crippen LogP contribution in [-0.4, -0.2) is 16.8 Å². The second kappa shape index (κ2) is 5.98. The smallest absolute Gasteiger partial charge is 0.363 e. The van der Waals surface area contributed by atoms with Crippen molar-refractivity contribution < 1.29 is 18.9 Å². The van der Waals surface area contributed by atoms with Gasteiger partial charge in [-0.05, 0) is 34.1 Å². The predicted octanol–water partition coefficient (Wildman–Crippen LogP) is 3.95. The summed E-state index contributed by atoms with van der Waals surface area (Å²) in [5.74, 6) is -0.394. The number of nitro benzene ring substituents is 1. The molecule has 1 aliphatic heterocycles. The monoisotopic (exact) mass is 396 g/mol. The van der Waals surface area contributed by atoms with Gasteiger partial charge in [0.25, 0.3) is 5.69 Å². The van der Waals surface area contributed by atoms with E-state index in [2.05, 4.69) is 20.9 Å². The number of halogens is 2. The molecule has 2 aromatic rings. The van der Waals surface area contributed by atoms with Crippen molar-refractivity contribution in [2.75, 3.05) is 0 Å². The van der Waals surface area contributed by atoms with Crippen LogP contribution in [-0.2, 0) is 9.53 Å². The molecular formula is C14H6BrClN2O5. The maximum Gasteiger partial charge on any atom is 0.363 e. The fraction of sp³-hybridized carbons (Fsp3) is 0. The van der Waals surface area contributed by atoms with E-state index in [1.165, 1.54) is 24.3 Å². The molecule has 0 aliphatic carbocycles. The van der Waals surface area contributed by atoms with Crippen molar-refractivity contribution in [1.29, 1.82) is 0 Å². The Labute approximate surface area is 142 Å². The highest BCUT2D eigenvalue weighted by atomic mass is 79.9. The number of nitro groups is 1. The lowest BCUT2D eigenvalue weighted by atomic mass is 10.2. The summed E-state index contributed by atoms with van der Waals surface area (Å²) in [6.45, 7) is 0. The van der Waals surface area contributed by atoms with E-state index in [0.717, 1.165) is 0 Å². The minimum atomic E-state index is -0.699. The zero-order chi connectivity index (χ0) is 16.6. The number of benzene rings is 1. The third kappa shape index (κ3) is 3.17. The molecule has 23 heavy (non-hydrogen) atoms. The maximum atomic E-state index is 11.9. The van der Waals surface area contributed by atoms with Crippen molar-refractivity contribution in [1.82, 2.24) is 0 Å². The van der Waals surface area contributed by atoms with Crippen LogP contribution >= 0.6 is 27.5 Å². The lowest BCUT2D eigenvalue weighted by Crippen LogP contribution is -2.06. The summed E-state index contributed by atoms with van der Waals surface area (Å²) in [4.78, 5) is 26.2. The number of rotatable bonds is 3. The average Bonchev–Trinajstić information content (AvgIpc) is 3.06. The number of carbonyl (C=O) groups excluding carboxylic acids is 1. The van der Waals surface area contributed by atoms with Gasteiger partial charge in [0.1, 0.15) is 5.76 Å². The van der Waals surface area contributed by atoms with E-state index in [9.17, 15) is 14.9 Å². The molecule has 1 aromatic heterocycles. The van der Waals surface area contributed by atoms with Crippen molar-refractivity contribution in [2.45, 2.75) is 0 Å². The first-order valence-electron chi connectivity index (χ1n) is 6.16. The normalized spacial score (nSPS) is 15.7. The number of furan rings is 1. The topological polar surface area (TPSA) is 94.9 Å². The summed E-state index contributed by atoms with van der Waals surface area (Å²) < 4.78 is 10.8. The van der Waals surface area contributed by atoms with Gasteiger partial charge < -0.3 is 9.15 Å². The fourth-order valence-corrected chi connectivity index (χ4v) is 2.37. The SMILES string of the molecule is O=C1OC(c2cc([N+](=O)[O-])ccc2Cl)=NC1=Cc1ccc(Br)o1. The highest BCUT2D eigenvalue weighted by Gasteiger charge is 2.27. The molecule has 0 radical (unpaired) electrons. The number of aliphatic imine (C=N–C) groups is 1. The van der Waals surface area contributed by atoms with Gasteiger partial charge >= 0.3 is 5.97 Å². The zero-order valence-corrected chi connectivity index (χ0v) is 13.5. The molecule has 0 saturated heterocycles. The van der Waals surface area contributed by atoms with Crippen LogP contribution in [0, 0.1) is 10.1 Å². The molecule has 3 rings (SSSR count). The molecule has 2 heterocycles. The van der Waals surface area contributed by atoms with E-state index in [0.29, 0.717) is 10.4 Å². The molecule has 7 nitrogen and oxygen atoms in total. The Morgan fingerprint density at radius 2 is 2.09 bits per heavy atom. The standard InChI is InChI=1S/C14H6BrClN2O5/c15-12-4-2-8(22-12)6-11-14(19)23-13(17-11)9-5-7(18(20)21)1-3-10(9)16/h1-6H. The molecule has 0 N–H and O–H groups in total. The molecule has 0 amide bonds. The highest BCUT2D eigenvalue weighted by Crippen LogP contribution is 2.27. The van der Waals surface area contributed by atoms with Gasteiger partial charge in [0.05, 0.1) is 15.5 Å². The van der Waals surface area contributed by atoms with Crippen molar-refractivity contribution in [3.8, 4) is 0 Å². The van der Waals surface area contributed by atoms with Crippen molar-refractivity contribution >= 4 is 51.2 Å². The predicted molar refractivity (Wildman–Crippen MR) is 85.1 cm³/mol. The molecule has 0 fully saturated rings. The van der Waals surface area contributed by atoms with Crippen LogP contribution in [0.1, 0.15) is 11.3 Å². The summed E-state index contributed by atoms with van der Waals surface area (Å²) in [5, 5.41) is 11.0. The number of hydrogen-bond acceptors (Lipinski definition) is 6. The van der Waals surface area contributed by atoms with Crippen molar-refractivity contribution in [3.05, 3.63) is 67.2 Å². The first-order chi connectivity index (χ1) is 10.9. The van der Waals surface area contributed by atoms with Crippen LogP contribution < -0.4 is 0 Å². The van der Waals surface area contributed by atoms with Crippen molar-refractivity contribution in [3.63, 3.8) is 0 Å². The molecule has 0 saturated carbocycles. The van der Waals surface area contributed by atoms with Gasteiger partial charge in [-0.1, -0.05) is 11.6 Å². The molecule has 0 atom stereocenters. The van der Waals surface area contributed by atoms with E-state index in [1.54, 1.807) is 12.1 Å². The van der Waals surface area contributed by atoms with E-state index in [-0.39, 0.29) is 27.9 Å². The second-order valence-electron chi connectivity index (χ2n) is 4.40. The minimum Gasteiger partial charge on any atom is -0.450 e. The summed E-state index contributed by atoms with van der Waals surface area (Å²) in [6.07, 6.45) is 1.39. The van der Waals surface area contributed by atoms with Gasteiger partial charge in [-0.2, -0.15) is 0 Å². The number of non-ortho nitro benzene ring substituents is 1. The fourth-order valence-electron chi connectivity index (χ4n) is 1.86. The molecule has 1 aliphatic rings. The molecule has 9 heteroatoms. The summed E-state index contributed by atoms with van der Waals surface area (Å²) in [7, 11) is 0. The Bertz CT molecular complexity index is 887. The lowest BCUT2D eigenvalue weighted by molar-refractivity contribution is -0.384. The lowest BCUT2D eigenvalue weighted by Gasteiger charge is -2.02. The number of cyclic esters (lactones) is 1. The van der Waals surface area contributed by atoms with Gasteiger partial charge in [-0.15, -0.1) is 0 Å². The molecule has 116 valence electrons. The Balaban J connectivity index is 2.00. The van der Waals surface area contributed by atoms with Gasteiger partial charge in [0.2, 0.25) is 5.90 Å². The van der Waals surface area contributed by atoms with Gasteiger partial charge in [0.15, 0.2) is 10.4 Å². The Kier molecular flexibility index (Phi) is 4.01. The average molecular weight is 398 g/mol. The maximum absolute atomic E-state index is 11.9. The largest absolute Gasteiger partial charge is 0.450 e. The minimum absolute atomic E-state index is 0.00410. The molecular weight excluding hydrogens is 392 g/mol. The van der Waals surface area contributed by atoms with Gasteiger partial charge in [0, 0.05) is 18.2 Å². The Morgan fingerprint density at radius 1 is 1.30 bits per heavy atom. The highest BCUT2D eigenvalue weighted by molar-refractivity contribution is 9.10. The summed E-state index contributed by atoms with van der Waals surface area (Å²) in [6, 6.07) is 7.09. The summed E-state index contributed by atoms with van der Waals surface area (Å²) in [5.41, 5.74) is -0.0155. The van der Waals surface area contributed by atoms with E-state index in [1.807, 2.05) is 0 Å². The third-order valence-corrected chi connectivity index (χ3v) is 3.64. The number of ether oxygens (including phenoxy) is 1. The van der Waals surface area contributed by atoms with Crippen LogP contribution in [0.2, 0.25) is 5.02 Å². The number of hydrogen-bond donors (Lipinski definition) is 0. The van der Waals surface area contributed by atoms with Crippen LogP contribution in [0.4, 0.5) is 5.69 Å². The van der Waals surface area contributed by atoms with Crippen LogP contribution in [0.3, 0.4) is 0 Å². The quantitative estimate of drug-likeness (QED) is 0.338. The van der Waals surface area contributed by atoms with E-state index >= 15 is 0 Å². The Morgan fingerprint density at radius 3 is 2.74 bits per heavy atom. The first kappa shape index (κ1) is 15.4. The molecule has 1 aromatic carbocycles. The third-order valence-electron chi connectivity index (χ3n) is 2.88. The van der Waals surface area contributed by atoms with Gasteiger partial charge in [-0.3, -0.25) is 10.1 Å². The second-order valence-corrected chi connectivity index (χ2v) is 5.59. The first-order valence-corrected chi connectivity index (χ1v) is 7.33. The van der Waals surface area contributed by atoms with Gasteiger partial charge in [-0.25, -0.2) is 9.79 Å². The van der Waals surface area contributed by atoms with Crippen LogP contribution in [0.15, 0.2) is 50.1 Å².